The van der Waals surface area contributed by atoms with Gasteiger partial charge in [0.15, 0.2) is 22.8 Å². The number of alkyl halides is 2. The predicted octanol–water partition coefficient (Wildman–Crippen LogP) is 2.61. The molecule has 2 unspecified atom stereocenters. The van der Waals surface area contributed by atoms with Gasteiger partial charge >= 0.3 is 0 Å². The number of halogens is 2. The van der Waals surface area contributed by atoms with Gasteiger partial charge in [0.25, 0.3) is 5.92 Å². The van der Waals surface area contributed by atoms with Crippen molar-refractivity contribution in [3.05, 3.63) is 18.2 Å². The standard InChI is InChI=1S/C21H24F2N8O/c1-20(2)18-27-14-16(30-9-11-3-4-21(22,23)13(11)10-30)28-15(12-7-25-19(24)26-8-12)29-17(14)31(18)5-6-32-20/h7-8,11,13H,3-6,9-10H2,1-2H3,(H2,24,25,26). The number of nitrogen functional groups attached to an aromatic ring is 1. The normalized spacial score (nSPS) is 25.8. The third-order valence-electron chi connectivity index (χ3n) is 6.95. The summed E-state index contributed by atoms with van der Waals surface area (Å²) < 4.78 is 36.9. The smallest absolute Gasteiger partial charge is 0.252 e. The molecule has 6 rings (SSSR count). The SMILES string of the molecule is CC1(C)OCCn2c1nc1c(N3CC4CCC(F)(F)C4C3)nc(-c3cnc(N)nc3)nc12. The lowest BCUT2D eigenvalue weighted by atomic mass is 9.99. The van der Waals surface area contributed by atoms with E-state index in [1.54, 1.807) is 12.4 Å². The van der Waals surface area contributed by atoms with E-state index in [4.69, 9.17) is 25.4 Å². The third-order valence-corrected chi connectivity index (χ3v) is 6.95. The van der Waals surface area contributed by atoms with Crippen molar-refractivity contribution >= 4 is 22.9 Å². The monoisotopic (exact) mass is 442 g/mol. The quantitative estimate of drug-likeness (QED) is 0.645. The van der Waals surface area contributed by atoms with Gasteiger partial charge in [0.1, 0.15) is 11.4 Å². The molecule has 3 aliphatic rings. The Balaban J connectivity index is 1.53. The number of rotatable bonds is 2. The molecule has 32 heavy (non-hydrogen) atoms. The van der Waals surface area contributed by atoms with Gasteiger partial charge in [-0.25, -0.2) is 33.7 Å². The first kappa shape index (κ1) is 19.7. The molecule has 1 saturated heterocycles. The second-order valence-corrected chi connectivity index (χ2v) is 9.39. The first-order valence-corrected chi connectivity index (χ1v) is 10.9. The molecule has 2 N–H and O–H groups in total. The second-order valence-electron chi connectivity index (χ2n) is 9.39. The van der Waals surface area contributed by atoms with Crippen LogP contribution in [0.4, 0.5) is 20.5 Å². The molecular formula is C21H24F2N8O. The summed E-state index contributed by atoms with van der Waals surface area (Å²) in [4.78, 5) is 24.5. The highest BCUT2D eigenvalue weighted by Crippen LogP contribution is 2.49. The highest BCUT2D eigenvalue weighted by Gasteiger charge is 2.54. The molecule has 3 aromatic rings. The Morgan fingerprint density at radius 1 is 1.12 bits per heavy atom. The Labute approximate surface area is 183 Å². The zero-order valence-electron chi connectivity index (χ0n) is 17.9. The minimum Gasteiger partial charge on any atom is -0.368 e. The second kappa shape index (κ2) is 6.53. The van der Waals surface area contributed by atoms with Crippen molar-refractivity contribution in [2.75, 3.05) is 30.3 Å². The minimum atomic E-state index is -2.64. The Kier molecular flexibility index (Phi) is 4.02. The van der Waals surface area contributed by atoms with Gasteiger partial charge in [-0.05, 0) is 26.2 Å². The molecule has 11 heteroatoms. The lowest BCUT2D eigenvalue weighted by molar-refractivity contribution is -0.0530. The van der Waals surface area contributed by atoms with Crippen molar-refractivity contribution in [2.45, 2.75) is 44.8 Å². The van der Waals surface area contributed by atoms with Crippen molar-refractivity contribution in [2.24, 2.45) is 11.8 Å². The summed E-state index contributed by atoms with van der Waals surface area (Å²) in [6, 6.07) is 0. The number of hydrogen-bond acceptors (Lipinski definition) is 8. The highest BCUT2D eigenvalue weighted by molar-refractivity contribution is 5.86. The van der Waals surface area contributed by atoms with E-state index in [1.807, 2.05) is 23.3 Å². The predicted molar refractivity (Wildman–Crippen MR) is 113 cm³/mol. The van der Waals surface area contributed by atoms with Crippen LogP contribution in [0.5, 0.6) is 0 Å². The van der Waals surface area contributed by atoms with Crippen molar-refractivity contribution in [1.82, 2.24) is 29.5 Å². The average molecular weight is 442 g/mol. The van der Waals surface area contributed by atoms with E-state index in [0.717, 1.165) is 5.82 Å². The van der Waals surface area contributed by atoms with E-state index in [-0.39, 0.29) is 24.8 Å². The van der Waals surface area contributed by atoms with Gasteiger partial charge < -0.3 is 19.9 Å². The fourth-order valence-electron chi connectivity index (χ4n) is 5.30. The highest BCUT2D eigenvalue weighted by atomic mass is 19.3. The Bertz CT molecular complexity index is 1210. The van der Waals surface area contributed by atoms with E-state index < -0.39 is 17.4 Å². The fraction of sp³-hybridized carbons (Fsp3) is 0.571. The van der Waals surface area contributed by atoms with E-state index in [9.17, 15) is 8.78 Å². The first-order valence-electron chi connectivity index (χ1n) is 10.9. The van der Waals surface area contributed by atoms with Crippen LogP contribution in [-0.2, 0) is 16.9 Å². The van der Waals surface area contributed by atoms with E-state index in [2.05, 4.69) is 9.97 Å². The Hall–Kier alpha value is -2.95. The molecule has 0 aromatic carbocycles. The fourth-order valence-corrected chi connectivity index (χ4v) is 5.30. The third kappa shape index (κ3) is 2.86. The largest absolute Gasteiger partial charge is 0.368 e. The molecular weight excluding hydrogens is 418 g/mol. The first-order chi connectivity index (χ1) is 15.2. The number of nitrogens with two attached hydrogens (primary N) is 1. The number of ether oxygens (including phenoxy) is 1. The molecule has 1 aliphatic carbocycles. The number of imidazole rings is 1. The number of nitrogens with zero attached hydrogens (tertiary/aromatic N) is 7. The summed E-state index contributed by atoms with van der Waals surface area (Å²) in [6.07, 6.45) is 3.64. The van der Waals surface area contributed by atoms with E-state index in [0.29, 0.717) is 54.5 Å². The molecule has 0 radical (unpaired) electrons. The molecule has 0 bridgehead atoms. The maximum absolute atomic E-state index is 14.4. The van der Waals surface area contributed by atoms with Gasteiger partial charge in [0.2, 0.25) is 5.95 Å². The molecule has 2 fully saturated rings. The molecule has 2 aliphatic heterocycles. The summed E-state index contributed by atoms with van der Waals surface area (Å²) in [7, 11) is 0. The van der Waals surface area contributed by atoms with Crippen LogP contribution < -0.4 is 10.6 Å². The maximum Gasteiger partial charge on any atom is 0.252 e. The molecule has 168 valence electrons. The Morgan fingerprint density at radius 2 is 1.91 bits per heavy atom. The minimum absolute atomic E-state index is 0.0340. The zero-order valence-corrected chi connectivity index (χ0v) is 17.9. The van der Waals surface area contributed by atoms with E-state index in [1.165, 1.54) is 0 Å². The van der Waals surface area contributed by atoms with Crippen LogP contribution in [0.1, 0.15) is 32.5 Å². The van der Waals surface area contributed by atoms with Crippen LogP contribution >= 0.6 is 0 Å². The van der Waals surface area contributed by atoms with Gasteiger partial charge in [-0.1, -0.05) is 0 Å². The van der Waals surface area contributed by atoms with Gasteiger partial charge in [0, 0.05) is 44.4 Å². The average Bonchev–Trinajstić information content (AvgIpc) is 3.42. The van der Waals surface area contributed by atoms with Gasteiger partial charge in [-0.2, -0.15) is 0 Å². The van der Waals surface area contributed by atoms with Gasteiger partial charge in [-0.3, -0.25) is 0 Å². The Morgan fingerprint density at radius 3 is 2.66 bits per heavy atom. The lowest BCUT2D eigenvalue weighted by Gasteiger charge is -2.30. The number of hydrogen-bond donors (Lipinski definition) is 1. The number of aromatic nitrogens is 6. The van der Waals surface area contributed by atoms with Crippen molar-refractivity contribution in [3.63, 3.8) is 0 Å². The maximum atomic E-state index is 14.4. The van der Waals surface area contributed by atoms with Crippen LogP contribution in [0.2, 0.25) is 0 Å². The van der Waals surface area contributed by atoms with Crippen molar-refractivity contribution in [1.29, 1.82) is 0 Å². The molecule has 0 amide bonds. The van der Waals surface area contributed by atoms with Crippen molar-refractivity contribution in [3.8, 4) is 11.4 Å². The number of fused-ring (bicyclic) bond motifs is 4. The molecule has 2 atom stereocenters. The van der Waals surface area contributed by atoms with Crippen LogP contribution in [0.25, 0.3) is 22.6 Å². The topological polar surface area (TPSA) is 108 Å². The zero-order chi connectivity index (χ0) is 22.3. The summed E-state index contributed by atoms with van der Waals surface area (Å²) in [5.74, 6) is -1.44. The number of anilines is 2. The van der Waals surface area contributed by atoms with E-state index >= 15 is 0 Å². The van der Waals surface area contributed by atoms with Crippen LogP contribution in [0, 0.1) is 11.8 Å². The summed E-state index contributed by atoms with van der Waals surface area (Å²) in [5.41, 5.74) is 6.93. The van der Waals surface area contributed by atoms with Gasteiger partial charge in [-0.15, -0.1) is 0 Å². The molecule has 3 aromatic heterocycles. The molecule has 5 heterocycles. The molecule has 9 nitrogen and oxygen atoms in total. The van der Waals surface area contributed by atoms with Crippen molar-refractivity contribution < 1.29 is 13.5 Å². The van der Waals surface area contributed by atoms with Crippen LogP contribution in [0.3, 0.4) is 0 Å². The lowest BCUT2D eigenvalue weighted by Crippen LogP contribution is -2.33. The molecule has 0 spiro atoms. The summed E-state index contributed by atoms with van der Waals surface area (Å²) >= 11 is 0. The van der Waals surface area contributed by atoms with Crippen LogP contribution in [-0.4, -0.2) is 55.1 Å². The van der Waals surface area contributed by atoms with Gasteiger partial charge in [0.05, 0.1) is 12.2 Å². The summed E-state index contributed by atoms with van der Waals surface area (Å²) in [5, 5.41) is 0. The van der Waals surface area contributed by atoms with Crippen LogP contribution in [0.15, 0.2) is 12.4 Å². The molecule has 1 saturated carbocycles. The summed E-state index contributed by atoms with van der Waals surface area (Å²) in [6.45, 7) is 5.85.